The Hall–Kier alpha value is -2.13. The molecule has 1 aliphatic rings. The second-order valence-electron chi connectivity index (χ2n) is 6.67. The molecule has 3 amide bonds. The van der Waals surface area contributed by atoms with Crippen molar-refractivity contribution in [2.45, 2.75) is 38.1 Å². The van der Waals surface area contributed by atoms with Gasteiger partial charge in [-0.05, 0) is 32.4 Å². The van der Waals surface area contributed by atoms with Crippen molar-refractivity contribution in [2.75, 3.05) is 32.7 Å². The van der Waals surface area contributed by atoms with E-state index >= 15 is 0 Å². The lowest BCUT2D eigenvalue weighted by Gasteiger charge is -2.34. The Morgan fingerprint density at radius 2 is 1.70 bits per heavy atom. The highest BCUT2D eigenvalue weighted by Gasteiger charge is 2.30. The highest BCUT2D eigenvalue weighted by Crippen LogP contribution is 2.18. The molecule has 8 nitrogen and oxygen atoms in total. The van der Waals surface area contributed by atoms with Crippen LogP contribution in [0.25, 0.3) is 0 Å². The van der Waals surface area contributed by atoms with Gasteiger partial charge in [-0.1, -0.05) is 24.6 Å². The van der Waals surface area contributed by atoms with Crippen molar-refractivity contribution >= 4 is 22.0 Å². The van der Waals surface area contributed by atoms with Crippen molar-refractivity contribution in [3.8, 4) is 0 Å². The highest BCUT2D eigenvalue weighted by atomic mass is 32.2. The molecule has 9 heteroatoms. The topological polar surface area (TPSA) is 98.8 Å². The third kappa shape index (κ3) is 5.43. The Bertz CT molecular complexity index is 756. The summed E-state index contributed by atoms with van der Waals surface area (Å²) in [6.45, 7) is 7.04. The van der Waals surface area contributed by atoms with Crippen molar-refractivity contribution in [1.29, 1.82) is 0 Å². The van der Waals surface area contributed by atoms with Crippen LogP contribution in [-0.2, 0) is 14.8 Å². The van der Waals surface area contributed by atoms with Crippen molar-refractivity contribution < 1.29 is 18.0 Å². The predicted molar refractivity (Wildman–Crippen MR) is 103 cm³/mol. The monoisotopic (exact) mass is 396 g/mol. The van der Waals surface area contributed by atoms with E-state index in [-0.39, 0.29) is 43.0 Å². The highest BCUT2D eigenvalue weighted by molar-refractivity contribution is 7.89. The minimum Gasteiger partial charge on any atom is -0.354 e. The number of rotatable bonds is 6. The molecule has 2 rings (SSSR count). The number of benzene rings is 1. The maximum Gasteiger partial charge on any atom is 0.318 e. The quantitative estimate of drug-likeness (QED) is 0.747. The first-order chi connectivity index (χ1) is 12.8. The average Bonchev–Trinajstić information content (AvgIpc) is 2.66. The second kappa shape index (κ2) is 9.18. The Morgan fingerprint density at radius 3 is 2.26 bits per heavy atom. The molecule has 1 unspecified atom stereocenters. The molecule has 150 valence electrons. The second-order valence-corrected chi connectivity index (χ2v) is 8.60. The first-order valence-corrected chi connectivity index (χ1v) is 10.6. The van der Waals surface area contributed by atoms with Crippen LogP contribution in [0.5, 0.6) is 0 Å². The molecule has 27 heavy (non-hydrogen) atoms. The molecule has 1 aromatic rings. The molecule has 1 fully saturated rings. The summed E-state index contributed by atoms with van der Waals surface area (Å²) in [4.78, 5) is 26.0. The summed E-state index contributed by atoms with van der Waals surface area (Å²) in [5.41, 5.74) is 0.993. The lowest BCUT2D eigenvalue weighted by molar-refractivity contribution is -0.122. The van der Waals surface area contributed by atoms with E-state index in [0.29, 0.717) is 6.54 Å². The zero-order valence-corrected chi connectivity index (χ0v) is 16.9. The molecule has 1 atom stereocenters. The number of piperazine rings is 1. The van der Waals surface area contributed by atoms with E-state index in [0.717, 1.165) is 12.0 Å². The third-order valence-electron chi connectivity index (χ3n) is 4.47. The van der Waals surface area contributed by atoms with E-state index in [1.807, 2.05) is 13.8 Å². The Morgan fingerprint density at radius 1 is 1.11 bits per heavy atom. The van der Waals surface area contributed by atoms with Gasteiger partial charge in [-0.3, -0.25) is 4.79 Å². The lowest BCUT2D eigenvalue weighted by Crippen LogP contribution is -2.56. The molecule has 0 aromatic heterocycles. The van der Waals surface area contributed by atoms with Gasteiger partial charge in [0.25, 0.3) is 0 Å². The van der Waals surface area contributed by atoms with Crippen LogP contribution in [0.15, 0.2) is 29.2 Å². The minimum atomic E-state index is -3.56. The fraction of sp³-hybridized carbons (Fsp3) is 0.556. The summed E-state index contributed by atoms with van der Waals surface area (Å²) < 4.78 is 26.8. The summed E-state index contributed by atoms with van der Waals surface area (Å²) in [6, 6.07) is 5.73. The number of carbonyl (C=O) groups is 2. The molecule has 0 saturated carbocycles. The van der Waals surface area contributed by atoms with Gasteiger partial charge in [0.1, 0.15) is 6.04 Å². The largest absolute Gasteiger partial charge is 0.354 e. The molecule has 1 saturated heterocycles. The van der Waals surface area contributed by atoms with Gasteiger partial charge < -0.3 is 15.5 Å². The molecule has 0 radical (unpaired) electrons. The first-order valence-electron chi connectivity index (χ1n) is 9.15. The van der Waals surface area contributed by atoms with Crippen LogP contribution in [0.4, 0.5) is 4.79 Å². The first kappa shape index (κ1) is 21.2. The maximum absolute atomic E-state index is 12.7. The summed E-state index contributed by atoms with van der Waals surface area (Å²) in [6.07, 6.45) is 0.823. The Labute approximate surface area is 161 Å². The van der Waals surface area contributed by atoms with Gasteiger partial charge in [0.15, 0.2) is 0 Å². The average molecular weight is 397 g/mol. The molecule has 1 aliphatic heterocycles. The number of carbonyl (C=O) groups excluding carboxylic acids is 2. The lowest BCUT2D eigenvalue weighted by atomic mass is 10.2. The number of hydrogen-bond acceptors (Lipinski definition) is 4. The number of nitrogens with one attached hydrogen (secondary N) is 2. The van der Waals surface area contributed by atoms with Gasteiger partial charge in [-0.2, -0.15) is 4.31 Å². The molecule has 2 N–H and O–H groups in total. The summed E-state index contributed by atoms with van der Waals surface area (Å²) in [7, 11) is -3.56. The predicted octanol–water partition coefficient (Wildman–Crippen LogP) is 0.926. The summed E-state index contributed by atoms with van der Waals surface area (Å²) in [5, 5.41) is 5.39. The third-order valence-corrected chi connectivity index (χ3v) is 6.38. The number of hydrogen-bond donors (Lipinski definition) is 2. The number of sulfonamides is 1. The molecule has 1 aromatic carbocycles. The van der Waals surface area contributed by atoms with Crippen molar-refractivity contribution in [2.24, 2.45) is 0 Å². The van der Waals surface area contributed by atoms with Gasteiger partial charge in [0.05, 0.1) is 4.90 Å². The van der Waals surface area contributed by atoms with Crippen LogP contribution in [0.2, 0.25) is 0 Å². The summed E-state index contributed by atoms with van der Waals surface area (Å²) in [5.74, 6) is -0.231. The number of amides is 3. The van der Waals surface area contributed by atoms with E-state index in [1.165, 1.54) is 9.21 Å². The SMILES string of the molecule is CCCNC(=O)C(C)NC(=O)N1CCN(S(=O)(=O)c2ccc(C)cc2)CC1. The van der Waals surface area contributed by atoms with Crippen LogP contribution in [0.3, 0.4) is 0 Å². The van der Waals surface area contributed by atoms with Crippen molar-refractivity contribution in [1.82, 2.24) is 19.8 Å². The summed E-state index contributed by atoms with van der Waals surface area (Å²) >= 11 is 0. The molecule has 0 spiro atoms. The van der Waals surface area contributed by atoms with Crippen LogP contribution < -0.4 is 10.6 Å². The zero-order valence-electron chi connectivity index (χ0n) is 16.1. The fourth-order valence-electron chi connectivity index (χ4n) is 2.73. The van der Waals surface area contributed by atoms with Crippen LogP contribution >= 0.6 is 0 Å². The Balaban J connectivity index is 1.89. The van der Waals surface area contributed by atoms with E-state index in [2.05, 4.69) is 10.6 Å². The molecule has 1 heterocycles. The van der Waals surface area contributed by atoms with Gasteiger partial charge in [0.2, 0.25) is 15.9 Å². The number of nitrogens with zero attached hydrogens (tertiary/aromatic N) is 2. The molecular formula is C18H28N4O4S. The fourth-order valence-corrected chi connectivity index (χ4v) is 4.16. The van der Waals surface area contributed by atoms with Gasteiger partial charge in [-0.25, -0.2) is 13.2 Å². The van der Waals surface area contributed by atoms with E-state index < -0.39 is 16.1 Å². The molecule has 0 aliphatic carbocycles. The number of urea groups is 1. The van der Waals surface area contributed by atoms with E-state index in [4.69, 9.17) is 0 Å². The van der Waals surface area contributed by atoms with E-state index in [9.17, 15) is 18.0 Å². The zero-order chi connectivity index (χ0) is 20.0. The maximum atomic E-state index is 12.7. The van der Waals surface area contributed by atoms with Gasteiger partial charge >= 0.3 is 6.03 Å². The van der Waals surface area contributed by atoms with Gasteiger partial charge in [-0.15, -0.1) is 0 Å². The number of aryl methyl sites for hydroxylation is 1. The van der Waals surface area contributed by atoms with Crippen LogP contribution in [0.1, 0.15) is 25.8 Å². The van der Waals surface area contributed by atoms with Gasteiger partial charge in [0, 0.05) is 32.7 Å². The molecule has 0 bridgehead atoms. The normalized spacial score (nSPS) is 16.6. The smallest absolute Gasteiger partial charge is 0.318 e. The van der Waals surface area contributed by atoms with Crippen LogP contribution in [-0.4, -0.2) is 68.3 Å². The van der Waals surface area contributed by atoms with Crippen molar-refractivity contribution in [3.63, 3.8) is 0 Å². The van der Waals surface area contributed by atoms with Crippen LogP contribution in [0, 0.1) is 6.92 Å². The van der Waals surface area contributed by atoms with Crippen molar-refractivity contribution in [3.05, 3.63) is 29.8 Å². The van der Waals surface area contributed by atoms with E-state index in [1.54, 1.807) is 31.2 Å². The minimum absolute atomic E-state index is 0.222. The standard InChI is InChI=1S/C18H28N4O4S/c1-4-9-19-17(23)15(3)20-18(24)21-10-12-22(13-11-21)27(25,26)16-7-5-14(2)6-8-16/h5-8,15H,4,9-13H2,1-3H3,(H,19,23)(H,20,24). The Kier molecular flexibility index (Phi) is 7.20. The molecular weight excluding hydrogens is 368 g/mol.